The monoisotopic (exact) mass is 338 g/mol. The van der Waals surface area contributed by atoms with E-state index in [1.165, 1.54) is 19.6 Å². The predicted octanol–water partition coefficient (Wildman–Crippen LogP) is 3.82. The first-order chi connectivity index (χ1) is 11.3. The fourth-order valence-electron chi connectivity index (χ4n) is 2.55. The fourth-order valence-corrected chi connectivity index (χ4v) is 2.55. The van der Waals surface area contributed by atoms with Gasteiger partial charge in [-0.25, -0.2) is 4.39 Å². The van der Waals surface area contributed by atoms with Crippen LogP contribution in [-0.4, -0.2) is 25.6 Å². The van der Waals surface area contributed by atoms with Gasteiger partial charge in [0.25, 0.3) is 0 Å². The SMILES string of the molecule is COc1ccc(C(C)NCC(=O)NC(C)CCCC(C)C)cc1F. The highest BCUT2D eigenvalue weighted by Crippen LogP contribution is 2.21. The summed E-state index contributed by atoms with van der Waals surface area (Å²) in [5.41, 5.74) is 0.783. The van der Waals surface area contributed by atoms with Crippen molar-refractivity contribution in [2.75, 3.05) is 13.7 Å². The van der Waals surface area contributed by atoms with Gasteiger partial charge in [0, 0.05) is 12.1 Å². The Labute approximate surface area is 145 Å². The van der Waals surface area contributed by atoms with Crippen LogP contribution in [0.2, 0.25) is 0 Å². The van der Waals surface area contributed by atoms with Gasteiger partial charge in [0.15, 0.2) is 11.6 Å². The zero-order valence-electron chi connectivity index (χ0n) is 15.5. The number of ether oxygens (including phenoxy) is 1. The average Bonchev–Trinajstić information content (AvgIpc) is 2.52. The Kier molecular flexibility index (Phi) is 8.76. The smallest absolute Gasteiger partial charge is 0.234 e. The van der Waals surface area contributed by atoms with E-state index in [1.54, 1.807) is 12.1 Å². The van der Waals surface area contributed by atoms with Crippen LogP contribution in [0.25, 0.3) is 0 Å². The van der Waals surface area contributed by atoms with Gasteiger partial charge in [0.1, 0.15) is 0 Å². The second-order valence-electron chi connectivity index (χ2n) is 6.79. The predicted molar refractivity (Wildman–Crippen MR) is 95.7 cm³/mol. The van der Waals surface area contributed by atoms with E-state index in [9.17, 15) is 9.18 Å². The van der Waals surface area contributed by atoms with Crippen LogP contribution in [0.3, 0.4) is 0 Å². The number of methoxy groups -OCH3 is 1. The molecule has 136 valence electrons. The summed E-state index contributed by atoms with van der Waals surface area (Å²) < 4.78 is 18.6. The molecule has 0 aromatic heterocycles. The molecule has 1 rings (SSSR count). The molecular formula is C19H31FN2O2. The number of carbonyl (C=O) groups excluding carboxylic acids is 1. The van der Waals surface area contributed by atoms with Crippen LogP contribution in [-0.2, 0) is 4.79 Å². The molecule has 4 nitrogen and oxygen atoms in total. The molecule has 1 aromatic rings. The topological polar surface area (TPSA) is 50.4 Å². The minimum Gasteiger partial charge on any atom is -0.494 e. The maximum absolute atomic E-state index is 13.7. The lowest BCUT2D eigenvalue weighted by Gasteiger charge is -2.17. The van der Waals surface area contributed by atoms with Crippen molar-refractivity contribution in [3.63, 3.8) is 0 Å². The lowest BCUT2D eigenvalue weighted by atomic mass is 10.0. The molecule has 0 spiro atoms. The number of hydrogen-bond acceptors (Lipinski definition) is 3. The van der Waals surface area contributed by atoms with E-state index in [-0.39, 0.29) is 30.3 Å². The van der Waals surface area contributed by atoms with Crippen molar-refractivity contribution in [3.05, 3.63) is 29.6 Å². The van der Waals surface area contributed by atoms with Gasteiger partial charge in [-0.15, -0.1) is 0 Å². The van der Waals surface area contributed by atoms with Crippen molar-refractivity contribution in [3.8, 4) is 5.75 Å². The maximum atomic E-state index is 13.7. The second kappa shape index (κ2) is 10.3. The molecule has 0 heterocycles. The molecule has 2 N–H and O–H groups in total. The van der Waals surface area contributed by atoms with Crippen LogP contribution in [0.5, 0.6) is 5.75 Å². The van der Waals surface area contributed by atoms with Gasteiger partial charge in [-0.1, -0.05) is 32.8 Å². The molecular weight excluding hydrogens is 307 g/mol. The van der Waals surface area contributed by atoms with Gasteiger partial charge in [-0.05, 0) is 43.9 Å². The summed E-state index contributed by atoms with van der Waals surface area (Å²) in [7, 11) is 1.44. The summed E-state index contributed by atoms with van der Waals surface area (Å²) in [4.78, 5) is 12.0. The van der Waals surface area contributed by atoms with Gasteiger partial charge < -0.3 is 15.4 Å². The van der Waals surface area contributed by atoms with E-state index in [4.69, 9.17) is 4.74 Å². The molecule has 0 radical (unpaired) electrons. The Balaban J connectivity index is 2.36. The fraction of sp³-hybridized carbons (Fsp3) is 0.632. The van der Waals surface area contributed by atoms with Crippen molar-refractivity contribution in [2.45, 2.75) is 59.0 Å². The summed E-state index contributed by atoms with van der Waals surface area (Å²) in [6.45, 7) is 8.55. The third-order valence-electron chi connectivity index (χ3n) is 4.07. The van der Waals surface area contributed by atoms with Crippen molar-refractivity contribution >= 4 is 5.91 Å². The lowest BCUT2D eigenvalue weighted by Crippen LogP contribution is -2.39. The Hall–Kier alpha value is -1.62. The van der Waals surface area contributed by atoms with Crippen LogP contribution in [0.1, 0.15) is 58.6 Å². The maximum Gasteiger partial charge on any atom is 0.234 e. The molecule has 0 fully saturated rings. The molecule has 0 aliphatic carbocycles. The third-order valence-corrected chi connectivity index (χ3v) is 4.07. The highest BCUT2D eigenvalue weighted by Gasteiger charge is 2.12. The van der Waals surface area contributed by atoms with Gasteiger partial charge >= 0.3 is 0 Å². The number of nitrogens with one attached hydrogen (secondary N) is 2. The minimum atomic E-state index is -0.396. The van der Waals surface area contributed by atoms with Gasteiger partial charge in [-0.2, -0.15) is 0 Å². The Bertz CT molecular complexity index is 520. The number of halogens is 1. The normalized spacial score (nSPS) is 13.6. The zero-order chi connectivity index (χ0) is 18.1. The Morgan fingerprint density at radius 3 is 2.50 bits per heavy atom. The standard InChI is InChI=1S/C19H31FN2O2/c1-13(2)7-6-8-14(3)22-19(23)12-21-15(4)16-9-10-18(24-5)17(20)11-16/h9-11,13-15,21H,6-8,12H2,1-5H3,(H,22,23). The summed E-state index contributed by atoms with van der Waals surface area (Å²) in [5.74, 6) is 0.485. The molecule has 1 aromatic carbocycles. The summed E-state index contributed by atoms with van der Waals surface area (Å²) in [5, 5.41) is 6.12. The first-order valence-electron chi connectivity index (χ1n) is 8.69. The molecule has 2 unspecified atom stereocenters. The zero-order valence-corrected chi connectivity index (χ0v) is 15.5. The second-order valence-corrected chi connectivity index (χ2v) is 6.79. The van der Waals surface area contributed by atoms with Crippen LogP contribution < -0.4 is 15.4 Å². The van der Waals surface area contributed by atoms with Crippen molar-refractivity contribution in [1.29, 1.82) is 0 Å². The molecule has 1 amide bonds. The third kappa shape index (κ3) is 7.30. The number of carbonyl (C=O) groups is 1. The number of benzene rings is 1. The Morgan fingerprint density at radius 1 is 1.21 bits per heavy atom. The van der Waals surface area contributed by atoms with Crippen LogP contribution in [0, 0.1) is 11.7 Å². The molecule has 24 heavy (non-hydrogen) atoms. The molecule has 0 saturated carbocycles. The highest BCUT2D eigenvalue weighted by atomic mass is 19.1. The number of amides is 1. The molecule has 5 heteroatoms. The van der Waals surface area contributed by atoms with E-state index in [1.807, 2.05) is 13.8 Å². The summed E-state index contributed by atoms with van der Waals surface area (Å²) in [6, 6.07) is 4.88. The highest BCUT2D eigenvalue weighted by molar-refractivity contribution is 5.78. The summed E-state index contributed by atoms with van der Waals surface area (Å²) >= 11 is 0. The quantitative estimate of drug-likeness (QED) is 0.682. The van der Waals surface area contributed by atoms with Crippen LogP contribution in [0.4, 0.5) is 4.39 Å². The first kappa shape index (κ1) is 20.4. The number of hydrogen-bond donors (Lipinski definition) is 2. The minimum absolute atomic E-state index is 0.0344. The Morgan fingerprint density at radius 2 is 1.92 bits per heavy atom. The first-order valence-corrected chi connectivity index (χ1v) is 8.69. The van der Waals surface area contributed by atoms with E-state index in [0.717, 1.165) is 18.4 Å². The summed E-state index contributed by atoms with van der Waals surface area (Å²) in [6.07, 6.45) is 3.29. The van der Waals surface area contributed by atoms with Gasteiger partial charge in [0.2, 0.25) is 5.91 Å². The van der Waals surface area contributed by atoms with Gasteiger partial charge in [-0.3, -0.25) is 4.79 Å². The average molecular weight is 338 g/mol. The molecule has 0 saturated heterocycles. The van der Waals surface area contributed by atoms with Crippen molar-refractivity contribution in [1.82, 2.24) is 10.6 Å². The lowest BCUT2D eigenvalue weighted by molar-refractivity contribution is -0.121. The number of rotatable bonds is 10. The molecule has 0 aliphatic rings. The van der Waals surface area contributed by atoms with Crippen molar-refractivity contribution < 1.29 is 13.9 Å². The van der Waals surface area contributed by atoms with E-state index >= 15 is 0 Å². The van der Waals surface area contributed by atoms with E-state index < -0.39 is 5.82 Å². The van der Waals surface area contributed by atoms with Gasteiger partial charge in [0.05, 0.1) is 13.7 Å². The van der Waals surface area contributed by atoms with Crippen LogP contribution >= 0.6 is 0 Å². The van der Waals surface area contributed by atoms with Crippen molar-refractivity contribution in [2.24, 2.45) is 5.92 Å². The van der Waals surface area contributed by atoms with Crippen LogP contribution in [0.15, 0.2) is 18.2 Å². The molecule has 0 bridgehead atoms. The molecule has 2 atom stereocenters. The van der Waals surface area contributed by atoms with E-state index in [0.29, 0.717) is 5.92 Å². The largest absolute Gasteiger partial charge is 0.494 e. The van der Waals surface area contributed by atoms with E-state index in [2.05, 4.69) is 24.5 Å². The molecule has 0 aliphatic heterocycles.